The highest BCUT2D eigenvalue weighted by atomic mass is 19.4. The molecule has 2 aromatic rings. The Kier molecular flexibility index (Phi) is 6.00. The van der Waals surface area contributed by atoms with Crippen molar-refractivity contribution in [3.63, 3.8) is 0 Å². The van der Waals surface area contributed by atoms with Crippen molar-refractivity contribution < 1.29 is 27.4 Å². The molecule has 1 aliphatic heterocycles. The second-order valence-corrected chi connectivity index (χ2v) is 7.97. The lowest BCUT2D eigenvalue weighted by Gasteiger charge is -2.40. The molecule has 0 saturated carbocycles. The average Bonchev–Trinajstić information content (AvgIpc) is 2.82. The van der Waals surface area contributed by atoms with Crippen LogP contribution in [-0.4, -0.2) is 20.0 Å². The zero-order chi connectivity index (χ0) is 24.6. The Balaban J connectivity index is 1.99. The van der Waals surface area contributed by atoms with Gasteiger partial charge in [-0.15, -0.1) is 0 Å². The summed E-state index contributed by atoms with van der Waals surface area (Å²) >= 11 is 0. The van der Waals surface area contributed by atoms with Gasteiger partial charge < -0.3 is 15.2 Å². The summed E-state index contributed by atoms with van der Waals surface area (Å²) in [6.45, 7) is 0. The number of hydrogen-bond acceptors (Lipinski definition) is 6. The lowest BCUT2D eigenvalue weighted by Crippen LogP contribution is -2.39. The molecule has 0 saturated heterocycles. The van der Waals surface area contributed by atoms with E-state index in [1.807, 2.05) is 0 Å². The van der Waals surface area contributed by atoms with Crippen LogP contribution in [0.3, 0.4) is 0 Å². The van der Waals surface area contributed by atoms with Crippen molar-refractivity contribution in [3.05, 3.63) is 76.3 Å². The number of hydrogen-bond donors (Lipinski definition) is 1. The monoisotopic (exact) mass is 469 g/mol. The number of methoxy groups -OCH3 is 2. The summed E-state index contributed by atoms with van der Waals surface area (Å²) in [5.41, 5.74) is 7.14. The number of benzene rings is 2. The van der Waals surface area contributed by atoms with E-state index < -0.39 is 17.7 Å². The molecule has 2 aliphatic rings. The van der Waals surface area contributed by atoms with Gasteiger partial charge in [0.15, 0.2) is 5.78 Å². The van der Waals surface area contributed by atoms with E-state index >= 15 is 0 Å². The van der Waals surface area contributed by atoms with Crippen molar-refractivity contribution in [3.8, 4) is 17.6 Å². The van der Waals surface area contributed by atoms with Gasteiger partial charge in [0, 0.05) is 28.9 Å². The van der Waals surface area contributed by atoms with Crippen LogP contribution in [0.5, 0.6) is 11.5 Å². The van der Waals surface area contributed by atoms with Crippen molar-refractivity contribution in [2.24, 2.45) is 5.73 Å². The van der Waals surface area contributed by atoms with E-state index in [9.17, 15) is 23.2 Å². The highest BCUT2D eigenvalue weighted by molar-refractivity contribution is 6.01. The minimum absolute atomic E-state index is 0.0230. The van der Waals surface area contributed by atoms with E-state index in [4.69, 9.17) is 15.2 Å². The standard InChI is InChI=1S/C25H22F3N3O3/c1-33-16-9-10-21(34-2)17(12-16)22-18(13-29)24(30)31(19-7-4-8-20(32)23(19)22)15-6-3-5-14(11-15)25(26,27)28/h3,5-6,9-12,22H,4,7-8,30H2,1-2H3/t22-/m1/s1. The molecule has 4 rings (SSSR count). The molecule has 34 heavy (non-hydrogen) atoms. The van der Waals surface area contributed by atoms with Gasteiger partial charge in [-0.25, -0.2) is 0 Å². The van der Waals surface area contributed by atoms with E-state index in [0.717, 1.165) is 12.1 Å². The quantitative estimate of drug-likeness (QED) is 0.676. The summed E-state index contributed by atoms with van der Waals surface area (Å²) in [6.07, 6.45) is -3.36. The number of rotatable bonds is 4. The minimum Gasteiger partial charge on any atom is -0.497 e. The second-order valence-electron chi connectivity index (χ2n) is 7.97. The molecular formula is C25H22F3N3O3. The molecule has 0 fully saturated rings. The molecule has 0 unspecified atom stereocenters. The number of ether oxygens (including phenoxy) is 2. The maximum atomic E-state index is 13.4. The van der Waals surface area contributed by atoms with Crippen molar-refractivity contribution in [2.75, 3.05) is 19.1 Å². The van der Waals surface area contributed by atoms with Crippen LogP contribution >= 0.6 is 0 Å². The number of halogens is 3. The summed E-state index contributed by atoms with van der Waals surface area (Å²) in [5.74, 6) is -0.111. The highest BCUT2D eigenvalue weighted by Crippen LogP contribution is 2.49. The van der Waals surface area contributed by atoms with Gasteiger partial charge in [0.2, 0.25) is 0 Å². The van der Waals surface area contributed by atoms with Crippen molar-refractivity contribution in [2.45, 2.75) is 31.4 Å². The number of carbonyl (C=O) groups excluding carboxylic acids is 1. The number of allylic oxidation sites excluding steroid dienone is 3. The SMILES string of the molecule is COc1ccc(OC)c([C@@H]2C(C#N)=C(N)N(c3cccc(C(F)(F)F)c3)C3=C2C(=O)CCC3)c1. The third-order valence-corrected chi connectivity index (χ3v) is 6.09. The third-order valence-electron chi connectivity index (χ3n) is 6.09. The first-order chi connectivity index (χ1) is 16.2. The smallest absolute Gasteiger partial charge is 0.416 e. The first kappa shape index (κ1) is 23.2. The molecule has 176 valence electrons. The van der Waals surface area contributed by atoms with E-state index in [0.29, 0.717) is 41.2 Å². The predicted octanol–water partition coefficient (Wildman–Crippen LogP) is 5.03. The number of ketones is 1. The molecule has 1 atom stereocenters. The number of nitrogens with two attached hydrogens (primary N) is 1. The zero-order valence-electron chi connectivity index (χ0n) is 18.6. The van der Waals surface area contributed by atoms with Gasteiger partial charge in [-0.05, 0) is 49.2 Å². The highest BCUT2D eigenvalue weighted by Gasteiger charge is 2.42. The lowest BCUT2D eigenvalue weighted by atomic mass is 9.75. The van der Waals surface area contributed by atoms with Gasteiger partial charge in [-0.3, -0.25) is 9.69 Å². The van der Waals surface area contributed by atoms with E-state index in [-0.39, 0.29) is 29.3 Å². The first-order valence-electron chi connectivity index (χ1n) is 10.6. The lowest BCUT2D eigenvalue weighted by molar-refractivity contribution is -0.137. The predicted molar refractivity (Wildman–Crippen MR) is 119 cm³/mol. The van der Waals surface area contributed by atoms with Gasteiger partial charge in [0.25, 0.3) is 0 Å². The third kappa shape index (κ3) is 3.85. The van der Waals surface area contributed by atoms with E-state index in [1.165, 1.54) is 31.3 Å². The Hall–Kier alpha value is -3.93. The van der Waals surface area contributed by atoms with Crippen LogP contribution in [0, 0.1) is 11.3 Å². The average molecular weight is 469 g/mol. The maximum absolute atomic E-state index is 13.4. The van der Waals surface area contributed by atoms with Gasteiger partial charge in [0.1, 0.15) is 17.3 Å². The van der Waals surface area contributed by atoms with Crippen LogP contribution in [0.15, 0.2) is 65.1 Å². The van der Waals surface area contributed by atoms with Crippen molar-refractivity contribution >= 4 is 11.5 Å². The fourth-order valence-electron chi connectivity index (χ4n) is 4.58. The van der Waals surface area contributed by atoms with Crippen LogP contribution in [0.25, 0.3) is 0 Å². The molecular weight excluding hydrogens is 447 g/mol. The molecule has 0 spiro atoms. The van der Waals surface area contributed by atoms with Crippen LogP contribution in [0.2, 0.25) is 0 Å². The van der Waals surface area contributed by atoms with Gasteiger partial charge in [-0.2, -0.15) is 18.4 Å². The summed E-state index contributed by atoms with van der Waals surface area (Å²) in [6, 6.07) is 11.8. The number of alkyl halides is 3. The van der Waals surface area contributed by atoms with Crippen molar-refractivity contribution in [1.29, 1.82) is 5.26 Å². The van der Waals surface area contributed by atoms with E-state index in [1.54, 1.807) is 18.2 Å². The summed E-state index contributed by atoms with van der Waals surface area (Å²) in [5, 5.41) is 10.1. The summed E-state index contributed by atoms with van der Waals surface area (Å²) in [7, 11) is 2.97. The van der Waals surface area contributed by atoms with E-state index in [2.05, 4.69) is 6.07 Å². The molecule has 0 radical (unpaired) electrons. The van der Waals surface area contributed by atoms with Gasteiger partial charge >= 0.3 is 6.18 Å². The minimum atomic E-state index is -4.56. The van der Waals surface area contributed by atoms with Crippen molar-refractivity contribution in [1.82, 2.24) is 0 Å². The number of carbonyl (C=O) groups is 1. The van der Waals surface area contributed by atoms with Gasteiger partial charge in [-0.1, -0.05) is 6.07 Å². The topological polar surface area (TPSA) is 88.6 Å². The van der Waals surface area contributed by atoms with Crippen LogP contribution in [-0.2, 0) is 11.0 Å². The normalized spacial score (nSPS) is 18.5. The largest absolute Gasteiger partial charge is 0.497 e. The van der Waals surface area contributed by atoms with Crippen LogP contribution < -0.4 is 20.1 Å². The molecule has 9 heteroatoms. The summed E-state index contributed by atoms with van der Waals surface area (Å²) in [4.78, 5) is 14.6. The number of anilines is 1. The number of nitrogens with zero attached hydrogens (tertiary/aromatic N) is 2. The van der Waals surface area contributed by atoms with Gasteiger partial charge in [0.05, 0.1) is 37.3 Å². The molecule has 1 aliphatic carbocycles. The Morgan fingerprint density at radius 1 is 1.12 bits per heavy atom. The van der Waals surface area contributed by atoms with Crippen LogP contribution in [0.1, 0.15) is 36.3 Å². The Morgan fingerprint density at radius 2 is 1.88 bits per heavy atom. The number of Topliss-reactive ketones (excluding diaryl/α,β-unsaturated/α-hetero) is 1. The number of nitriles is 1. The molecule has 2 N–H and O–H groups in total. The molecule has 1 heterocycles. The molecule has 6 nitrogen and oxygen atoms in total. The first-order valence-corrected chi connectivity index (χ1v) is 10.6. The molecule has 0 aromatic heterocycles. The summed E-state index contributed by atoms with van der Waals surface area (Å²) < 4.78 is 51.0. The maximum Gasteiger partial charge on any atom is 0.416 e. The Labute approximate surface area is 194 Å². The molecule has 0 bridgehead atoms. The molecule has 2 aromatic carbocycles. The zero-order valence-corrected chi connectivity index (χ0v) is 18.6. The Morgan fingerprint density at radius 3 is 2.53 bits per heavy atom. The Bertz CT molecular complexity index is 1260. The fourth-order valence-corrected chi connectivity index (χ4v) is 4.58. The van der Waals surface area contributed by atoms with Crippen LogP contribution in [0.4, 0.5) is 18.9 Å². The second kappa shape index (κ2) is 8.78. The molecule has 0 amide bonds. The fraction of sp³-hybridized carbons (Fsp3) is 0.280.